The van der Waals surface area contributed by atoms with E-state index in [0.717, 1.165) is 100 Å². The Morgan fingerprint density at radius 3 is 2.00 bits per heavy atom. The van der Waals surface area contributed by atoms with Crippen molar-refractivity contribution in [3.8, 4) is 39.7 Å². The first-order valence-corrected chi connectivity index (χ1v) is 18.5. The molecule has 1 aliphatic carbocycles. The maximum Gasteiger partial charge on any atom is 0.164 e. The van der Waals surface area contributed by atoms with Crippen LogP contribution in [0.2, 0.25) is 0 Å². The average molecular weight is 708 g/mol. The monoisotopic (exact) mass is 707 g/mol. The van der Waals surface area contributed by atoms with Crippen LogP contribution in [-0.4, -0.2) is 21.1 Å². The lowest BCUT2D eigenvalue weighted by molar-refractivity contribution is 0.279. The Bertz CT molecular complexity index is 3280. The summed E-state index contributed by atoms with van der Waals surface area (Å²) in [5.41, 5.74) is 10.4. The van der Waals surface area contributed by atoms with Gasteiger partial charge < -0.3 is 13.6 Å². The van der Waals surface area contributed by atoms with E-state index in [1.54, 1.807) is 0 Å². The van der Waals surface area contributed by atoms with E-state index in [1.165, 1.54) is 5.39 Å². The van der Waals surface area contributed by atoms with Crippen LogP contribution in [0, 0.1) is 0 Å². The first-order valence-electron chi connectivity index (χ1n) is 18.5. The van der Waals surface area contributed by atoms with Gasteiger partial charge in [0.2, 0.25) is 0 Å². The van der Waals surface area contributed by atoms with Crippen molar-refractivity contribution in [2.75, 3.05) is 0 Å². The summed E-state index contributed by atoms with van der Waals surface area (Å²) in [6.45, 7) is 0. The van der Waals surface area contributed by atoms with Crippen molar-refractivity contribution in [1.29, 1.82) is 0 Å². The van der Waals surface area contributed by atoms with Crippen molar-refractivity contribution >= 4 is 65.8 Å². The summed E-state index contributed by atoms with van der Waals surface area (Å²) in [6.07, 6.45) is 4.99. The molecule has 4 heterocycles. The van der Waals surface area contributed by atoms with Gasteiger partial charge in [-0.15, -0.1) is 0 Å². The first-order chi connectivity index (χ1) is 27.2. The Hall–Kier alpha value is -7.31. The molecular formula is C49H29N3O3. The van der Waals surface area contributed by atoms with Crippen LogP contribution < -0.4 is 4.74 Å². The van der Waals surface area contributed by atoms with E-state index in [2.05, 4.69) is 97.1 Å². The van der Waals surface area contributed by atoms with Gasteiger partial charge in [-0.2, -0.15) is 0 Å². The lowest BCUT2D eigenvalue weighted by atomic mass is 9.90. The zero-order valence-electron chi connectivity index (χ0n) is 29.4. The molecule has 7 aromatic carbocycles. The third-order valence-corrected chi connectivity index (χ3v) is 11.0. The number of nitrogens with zero attached hydrogens (tertiary/aromatic N) is 3. The summed E-state index contributed by atoms with van der Waals surface area (Å²) in [5.74, 6) is 2.69. The minimum atomic E-state index is -0.0848. The normalized spacial score (nSPS) is 15.0. The van der Waals surface area contributed by atoms with Crippen LogP contribution in [0.5, 0.6) is 5.75 Å². The molecule has 1 unspecified atom stereocenters. The summed E-state index contributed by atoms with van der Waals surface area (Å²) in [4.78, 5) is 15.5. The number of para-hydroxylation sites is 1. The summed E-state index contributed by atoms with van der Waals surface area (Å²) in [5, 5.41) is 6.48. The van der Waals surface area contributed by atoms with E-state index in [4.69, 9.17) is 28.5 Å². The van der Waals surface area contributed by atoms with Crippen molar-refractivity contribution < 1.29 is 13.6 Å². The van der Waals surface area contributed by atoms with Gasteiger partial charge in [0.05, 0.1) is 0 Å². The summed E-state index contributed by atoms with van der Waals surface area (Å²) in [6, 6.07) is 49.9. The van der Waals surface area contributed by atoms with Gasteiger partial charge in [-0.05, 0) is 64.4 Å². The quantitative estimate of drug-likeness (QED) is 0.181. The number of hydrogen-bond acceptors (Lipinski definition) is 6. The molecule has 6 nitrogen and oxygen atoms in total. The molecule has 0 fully saturated rings. The maximum absolute atomic E-state index is 6.64. The van der Waals surface area contributed by atoms with E-state index < -0.39 is 0 Å². The van der Waals surface area contributed by atoms with Gasteiger partial charge in [0.25, 0.3) is 0 Å². The van der Waals surface area contributed by atoms with Crippen LogP contribution in [0.4, 0.5) is 0 Å². The molecule has 0 bridgehead atoms. The van der Waals surface area contributed by atoms with Gasteiger partial charge in [0.15, 0.2) is 17.5 Å². The number of hydrogen-bond donors (Lipinski definition) is 0. The van der Waals surface area contributed by atoms with Crippen LogP contribution in [-0.2, 0) is 0 Å². The minimum Gasteiger partial charge on any atom is -0.485 e. The maximum atomic E-state index is 6.64. The number of rotatable bonds is 4. The summed E-state index contributed by atoms with van der Waals surface area (Å²) in [7, 11) is 0. The number of allylic oxidation sites excluding steroid dienone is 2. The zero-order chi connectivity index (χ0) is 36.0. The molecule has 1 atom stereocenters. The molecule has 0 saturated carbocycles. The van der Waals surface area contributed by atoms with Gasteiger partial charge in [0.1, 0.15) is 34.2 Å². The van der Waals surface area contributed by atoms with Crippen LogP contribution in [0.15, 0.2) is 167 Å². The molecule has 258 valence electrons. The minimum absolute atomic E-state index is 0.0848. The van der Waals surface area contributed by atoms with Crippen LogP contribution in [0.1, 0.15) is 17.8 Å². The molecule has 10 aromatic rings. The number of benzene rings is 7. The molecule has 55 heavy (non-hydrogen) atoms. The molecule has 0 N–H and O–H groups in total. The highest BCUT2D eigenvalue weighted by molar-refractivity contribution is 6.17. The molecule has 3 aromatic heterocycles. The molecule has 12 rings (SSSR count). The smallest absolute Gasteiger partial charge is 0.164 e. The molecule has 0 saturated heterocycles. The standard InChI is InChI=1S/C49H29N3O3/c1-2-11-28(12-3-1)47-50-48(35-17-9-21-40-45(35)33-15-6-7-19-38(33)53-40)52-49(51-47)36-18-10-22-41-46(36)34-24-23-31(27-42(34)54-41)32-16-8-20-39-44(32)37-25-29-13-4-5-14-30(29)26-43(37)55-39/h1-20,22-27,40H,21H2. The van der Waals surface area contributed by atoms with E-state index in [1.807, 2.05) is 60.7 Å². The van der Waals surface area contributed by atoms with Gasteiger partial charge >= 0.3 is 0 Å². The van der Waals surface area contributed by atoms with Crippen molar-refractivity contribution in [1.82, 2.24) is 15.0 Å². The van der Waals surface area contributed by atoms with E-state index >= 15 is 0 Å². The average Bonchev–Trinajstić information content (AvgIpc) is 3.93. The Morgan fingerprint density at radius 2 is 1.15 bits per heavy atom. The third kappa shape index (κ3) is 4.64. The van der Waals surface area contributed by atoms with E-state index in [0.29, 0.717) is 17.5 Å². The van der Waals surface area contributed by atoms with Gasteiger partial charge in [-0.25, -0.2) is 15.0 Å². The predicted octanol–water partition coefficient (Wildman–Crippen LogP) is 12.5. The van der Waals surface area contributed by atoms with Crippen LogP contribution >= 0.6 is 0 Å². The number of furan rings is 2. The fourth-order valence-electron chi connectivity index (χ4n) is 8.52. The summed E-state index contributed by atoms with van der Waals surface area (Å²) < 4.78 is 19.4. The highest BCUT2D eigenvalue weighted by atomic mass is 16.5. The Morgan fingerprint density at radius 1 is 0.473 bits per heavy atom. The highest BCUT2D eigenvalue weighted by Crippen LogP contribution is 2.46. The second-order valence-electron chi connectivity index (χ2n) is 14.2. The fraction of sp³-hybridized carbons (Fsp3) is 0.0408. The molecule has 2 aliphatic rings. The molecule has 0 radical (unpaired) electrons. The SMILES string of the molecule is C1=CC(c2nc(-c3ccccc3)nc(-c3cccc4oc5cc(-c6cccc7oc8cc9ccccc9cc8c67)ccc5c34)n2)=C2c3ccccc3OC2C1. The van der Waals surface area contributed by atoms with Crippen molar-refractivity contribution in [3.63, 3.8) is 0 Å². The van der Waals surface area contributed by atoms with Gasteiger partial charge in [-0.1, -0.05) is 115 Å². The number of fused-ring (bicyclic) bond motifs is 10. The Kier molecular flexibility index (Phi) is 6.36. The fourth-order valence-corrected chi connectivity index (χ4v) is 8.52. The Labute approximate surface area is 314 Å². The zero-order valence-corrected chi connectivity index (χ0v) is 29.4. The first kappa shape index (κ1) is 30.2. The van der Waals surface area contributed by atoms with E-state index in [9.17, 15) is 0 Å². The highest BCUT2D eigenvalue weighted by Gasteiger charge is 2.33. The van der Waals surface area contributed by atoms with Crippen LogP contribution in [0.25, 0.3) is 99.7 Å². The second-order valence-corrected chi connectivity index (χ2v) is 14.2. The second kappa shape index (κ2) is 11.6. The predicted molar refractivity (Wildman–Crippen MR) is 220 cm³/mol. The van der Waals surface area contributed by atoms with Gasteiger partial charge in [0, 0.05) is 55.8 Å². The topological polar surface area (TPSA) is 74.2 Å². The largest absolute Gasteiger partial charge is 0.485 e. The lowest BCUT2D eigenvalue weighted by Gasteiger charge is -2.18. The number of aromatic nitrogens is 3. The molecule has 6 heteroatoms. The summed E-state index contributed by atoms with van der Waals surface area (Å²) >= 11 is 0. The third-order valence-electron chi connectivity index (χ3n) is 11.0. The molecule has 0 amide bonds. The molecular weight excluding hydrogens is 679 g/mol. The van der Waals surface area contributed by atoms with Crippen molar-refractivity contribution in [2.24, 2.45) is 0 Å². The molecule has 0 spiro atoms. The lowest BCUT2D eigenvalue weighted by Crippen LogP contribution is -2.15. The number of ether oxygens (including phenoxy) is 1. The van der Waals surface area contributed by atoms with Crippen molar-refractivity contribution in [2.45, 2.75) is 12.5 Å². The molecule has 1 aliphatic heterocycles. The Balaban J connectivity index is 1.05. The van der Waals surface area contributed by atoms with E-state index in [-0.39, 0.29) is 6.10 Å². The van der Waals surface area contributed by atoms with Crippen molar-refractivity contribution in [3.05, 3.63) is 169 Å². The van der Waals surface area contributed by atoms with Gasteiger partial charge in [-0.3, -0.25) is 0 Å². The van der Waals surface area contributed by atoms with Crippen LogP contribution in [0.3, 0.4) is 0 Å².